The minimum absolute atomic E-state index is 0.127. The van der Waals surface area contributed by atoms with E-state index in [1.54, 1.807) is 6.07 Å². The number of nitrogens with one attached hydrogen (secondary N) is 3. The summed E-state index contributed by atoms with van der Waals surface area (Å²) >= 11 is 0. The Bertz CT molecular complexity index is 969. The summed E-state index contributed by atoms with van der Waals surface area (Å²) in [4.78, 5) is 35.4. The van der Waals surface area contributed by atoms with Crippen molar-refractivity contribution in [2.45, 2.75) is 25.8 Å². The Kier molecular flexibility index (Phi) is 5.63. The average Bonchev–Trinajstić information content (AvgIpc) is 2.67. The maximum atomic E-state index is 13.0. The van der Waals surface area contributed by atoms with Crippen LogP contribution in [0.1, 0.15) is 36.9 Å². The van der Waals surface area contributed by atoms with E-state index in [4.69, 9.17) is 0 Å². The van der Waals surface area contributed by atoms with Gasteiger partial charge in [0.1, 0.15) is 5.92 Å². The quantitative estimate of drug-likeness (QED) is 0.528. The van der Waals surface area contributed by atoms with Crippen LogP contribution in [0.4, 0.5) is 16.2 Å². The van der Waals surface area contributed by atoms with Crippen molar-refractivity contribution in [2.24, 2.45) is 5.92 Å². The Balaban J connectivity index is 1.88. The van der Waals surface area contributed by atoms with Crippen LogP contribution >= 0.6 is 0 Å². The lowest BCUT2D eigenvalue weighted by molar-refractivity contribution is -0.384. The number of amides is 3. The first-order chi connectivity index (χ1) is 13.8. The SMILES string of the molecule is C=C1NC(=O)N[C@H](c2ccc(C(C)C)cc2)[C@H]1C(=O)Nc1cccc([N+](=O)[O-])c1. The number of carbonyl (C=O) groups is 2. The van der Waals surface area contributed by atoms with Crippen LogP contribution in [0.5, 0.6) is 0 Å². The van der Waals surface area contributed by atoms with Gasteiger partial charge in [-0.05, 0) is 23.1 Å². The number of nitro benzene ring substituents is 1. The number of nitrogens with zero attached hydrogens (tertiary/aromatic N) is 1. The second kappa shape index (κ2) is 8.14. The number of rotatable bonds is 5. The van der Waals surface area contributed by atoms with Gasteiger partial charge in [0.15, 0.2) is 0 Å². The summed E-state index contributed by atoms with van der Waals surface area (Å²) in [6.45, 7) is 8.00. The molecule has 2 atom stereocenters. The Labute approximate surface area is 168 Å². The number of anilines is 1. The molecule has 8 heteroatoms. The zero-order valence-corrected chi connectivity index (χ0v) is 16.1. The number of non-ortho nitro benzene ring substituents is 1. The predicted octanol–water partition coefficient (Wildman–Crippen LogP) is 3.84. The van der Waals surface area contributed by atoms with E-state index in [9.17, 15) is 19.7 Å². The van der Waals surface area contributed by atoms with Crippen LogP contribution in [-0.4, -0.2) is 16.9 Å². The smallest absolute Gasteiger partial charge is 0.319 e. The van der Waals surface area contributed by atoms with Crippen molar-refractivity contribution in [3.8, 4) is 0 Å². The Morgan fingerprint density at radius 2 is 1.90 bits per heavy atom. The molecule has 0 radical (unpaired) electrons. The number of hydrogen-bond acceptors (Lipinski definition) is 4. The van der Waals surface area contributed by atoms with Gasteiger partial charge in [0.25, 0.3) is 5.69 Å². The first-order valence-electron chi connectivity index (χ1n) is 9.17. The first-order valence-corrected chi connectivity index (χ1v) is 9.17. The maximum Gasteiger partial charge on any atom is 0.319 e. The summed E-state index contributed by atoms with van der Waals surface area (Å²) in [5, 5.41) is 19.0. The zero-order chi connectivity index (χ0) is 21.1. The standard InChI is InChI=1S/C21H22N4O4/c1-12(2)14-7-9-15(10-8-14)19-18(13(3)22-21(27)24-19)20(26)23-16-5-4-6-17(11-16)25(28)29/h4-12,18-19H,3H2,1-2H3,(H,23,26)(H2,22,24,27)/t18-,19+/m0/s1. The van der Waals surface area contributed by atoms with E-state index in [0.717, 1.165) is 11.1 Å². The van der Waals surface area contributed by atoms with Gasteiger partial charge in [0.05, 0.1) is 11.0 Å². The molecule has 0 aliphatic carbocycles. The number of urea groups is 1. The number of nitro groups is 1. The molecule has 1 fully saturated rings. The lowest BCUT2D eigenvalue weighted by atomic mass is 9.87. The van der Waals surface area contributed by atoms with Gasteiger partial charge in [-0.3, -0.25) is 14.9 Å². The highest BCUT2D eigenvalue weighted by Gasteiger charge is 2.37. The van der Waals surface area contributed by atoms with Gasteiger partial charge in [-0.25, -0.2) is 4.79 Å². The third-order valence-corrected chi connectivity index (χ3v) is 4.84. The van der Waals surface area contributed by atoms with Crippen molar-refractivity contribution in [2.75, 3.05) is 5.32 Å². The lowest BCUT2D eigenvalue weighted by Crippen LogP contribution is -2.51. The number of hydrogen-bond donors (Lipinski definition) is 3. The van der Waals surface area contributed by atoms with E-state index < -0.39 is 28.8 Å². The molecule has 1 saturated heterocycles. The Hall–Kier alpha value is -3.68. The molecule has 3 rings (SSSR count). The topological polar surface area (TPSA) is 113 Å². The highest BCUT2D eigenvalue weighted by molar-refractivity contribution is 5.97. The molecule has 0 saturated carbocycles. The van der Waals surface area contributed by atoms with Crippen molar-refractivity contribution in [3.63, 3.8) is 0 Å². The van der Waals surface area contributed by atoms with Crippen molar-refractivity contribution in [1.29, 1.82) is 0 Å². The summed E-state index contributed by atoms with van der Waals surface area (Å²) in [5.41, 5.74) is 2.34. The third kappa shape index (κ3) is 4.43. The average molecular weight is 394 g/mol. The van der Waals surface area contributed by atoms with Crippen LogP contribution in [0, 0.1) is 16.0 Å². The number of benzene rings is 2. The summed E-state index contributed by atoms with van der Waals surface area (Å²) in [6.07, 6.45) is 0. The van der Waals surface area contributed by atoms with Crippen LogP contribution < -0.4 is 16.0 Å². The van der Waals surface area contributed by atoms with Gasteiger partial charge in [-0.2, -0.15) is 0 Å². The van der Waals surface area contributed by atoms with Gasteiger partial charge in [-0.15, -0.1) is 0 Å². The van der Waals surface area contributed by atoms with Crippen LogP contribution in [-0.2, 0) is 4.79 Å². The van der Waals surface area contributed by atoms with E-state index in [0.29, 0.717) is 11.6 Å². The largest absolute Gasteiger partial charge is 0.330 e. The molecule has 3 N–H and O–H groups in total. The maximum absolute atomic E-state index is 13.0. The summed E-state index contributed by atoms with van der Waals surface area (Å²) in [6, 6.07) is 12.3. The second-order valence-corrected chi connectivity index (χ2v) is 7.20. The van der Waals surface area contributed by atoms with E-state index in [1.807, 2.05) is 24.3 Å². The van der Waals surface area contributed by atoms with Crippen LogP contribution in [0.25, 0.3) is 0 Å². The van der Waals surface area contributed by atoms with E-state index in [1.165, 1.54) is 18.2 Å². The zero-order valence-electron chi connectivity index (χ0n) is 16.1. The lowest BCUT2D eigenvalue weighted by Gasteiger charge is -2.34. The molecule has 150 valence electrons. The minimum Gasteiger partial charge on any atom is -0.330 e. The van der Waals surface area contributed by atoms with Crippen LogP contribution in [0.3, 0.4) is 0 Å². The van der Waals surface area contributed by atoms with E-state index in [2.05, 4.69) is 36.4 Å². The molecule has 0 spiro atoms. The fourth-order valence-corrected chi connectivity index (χ4v) is 3.28. The predicted molar refractivity (Wildman–Crippen MR) is 109 cm³/mol. The molecule has 2 aromatic rings. The Morgan fingerprint density at radius 1 is 1.21 bits per heavy atom. The molecule has 29 heavy (non-hydrogen) atoms. The van der Waals surface area contributed by atoms with Crippen LogP contribution in [0.2, 0.25) is 0 Å². The van der Waals surface area contributed by atoms with Gasteiger partial charge >= 0.3 is 6.03 Å². The molecule has 1 heterocycles. The molecular formula is C21H22N4O4. The fraction of sp³-hybridized carbons (Fsp3) is 0.238. The Morgan fingerprint density at radius 3 is 2.52 bits per heavy atom. The molecular weight excluding hydrogens is 372 g/mol. The van der Waals surface area contributed by atoms with Crippen molar-refractivity contribution >= 4 is 23.3 Å². The van der Waals surface area contributed by atoms with E-state index in [-0.39, 0.29) is 11.4 Å². The summed E-state index contributed by atoms with van der Waals surface area (Å²) in [7, 11) is 0. The fourth-order valence-electron chi connectivity index (χ4n) is 3.28. The normalized spacial score (nSPS) is 18.7. The molecule has 1 aliphatic rings. The third-order valence-electron chi connectivity index (χ3n) is 4.84. The highest BCUT2D eigenvalue weighted by Crippen LogP contribution is 2.31. The number of carbonyl (C=O) groups excluding carboxylic acids is 2. The first kappa shape index (κ1) is 20.1. The monoisotopic (exact) mass is 394 g/mol. The summed E-state index contributed by atoms with van der Waals surface area (Å²) < 4.78 is 0. The highest BCUT2D eigenvalue weighted by atomic mass is 16.6. The second-order valence-electron chi connectivity index (χ2n) is 7.20. The van der Waals surface area contributed by atoms with Gasteiger partial charge < -0.3 is 16.0 Å². The molecule has 0 aromatic heterocycles. The van der Waals surface area contributed by atoms with Gasteiger partial charge in [0, 0.05) is 23.5 Å². The van der Waals surface area contributed by atoms with Crippen molar-refractivity contribution < 1.29 is 14.5 Å². The van der Waals surface area contributed by atoms with E-state index >= 15 is 0 Å². The summed E-state index contributed by atoms with van der Waals surface area (Å²) in [5.74, 6) is -0.868. The van der Waals surface area contributed by atoms with Crippen molar-refractivity contribution in [1.82, 2.24) is 10.6 Å². The molecule has 0 unspecified atom stereocenters. The van der Waals surface area contributed by atoms with Gasteiger partial charge in [0.2, 0.25) is 5.91 Å². The minimum atomic E-state index is -0.795. The molecule has 0 bridgehead atoms. The van der Waals surface area contributed by atoms with Gasteiger partial charge in [-0.1, -0.05) is 50.8 Å². The molecule has 1 aliphatic heterocycles. The van der Waals surface area contributed by atoms with Crippen LogP contribution in [0.15, 0.2) is 60.8 Å². The van der Waals surface area contributed by atoms with Crippen molar-refractivity contribution in [3.05, 3.63) is 82.0 Å². The molecule has 3 amide bonds. The molecule has 8 nitrogen and oxygen atoms in total. The molecule has 2 aromatic carbocycles.